The molecule has 3 rings (SSSR count). The SMILES string of the molecule is CCN(C(=O)c1ccc2c(c1)NCC2)c1ccc(C)cc1. The number of hydrogen-bond donors (Lipinski definition) is 1. The van der Waals surface area contributed by atoms with E-state index in [2.05, 4.69) is 11.4 Å². The first-order valence-electron chi connectivity index (χ1n) is 7.44. The van der Waals surface area contributed by atoms with Crippen LogP contribution in [0.15, 0.2) is 42.5 Å². The highest BCUT2D eigenvalue weighted by Gasteiger charge is 2.18. The maximum Gasteiger partial charge on any atom is 0.258 e. The summed E-state index contributed by atoms with van der Waals surface area (Å²) < 4.78 is 0. The van der Waals surface area contributed by atoms with Gasteiger partial charge in [0.05, 0.1) is 0 Å². The molecule has 0 radical (unpaired) electrons. The van der Waals surface area contributed by atoms with Crippen LogP contribution in [0, 0.1) is 6.92 Å². The molecule has 0 atom stereocenters. The zero-order valence-corrected chi connectivity index (χ0v) is 12.5. The third-order valence-electron chi connectivity index (χ3n) is 3.97. The van der Waals surface area contributed by atoms with Crippen molar-refractivity contribution in [3.05, 3.63) is 59.2 Å². The van der Waals surface area contributed by atoms with Gasteiger partial charge < -0.3 is 10.2 Å². The number of nitrogens with one attached hydrogen (secondary N) is 1. The van der Waals surface area contributed by atoms with Crippen LogP contribution in [0.25, 0.3) is 0 Å². The smallest absolute Gasteiger partial charge is 0.258 e. The van der Waals surface area contributed by atoms with Crippen molar-refractivity contribution in [2.24, 2.45) is 0 Å². The Morgan fingerprint density at radius 1 is 1.19 bits per heavy atom. The van der Waals surface area contributed by atoms with Gasteiger partial charge in [-0.25, -0.2) is 0 Å². The zero-order chi connectivity index (χ0) is 14.8. The molecule has 1 amide bonds. The summed E-state index contributed by atoms with van der Waals surface area (Å²) in [5, 5.41) is 3.33. The fourth-order valence-electron chi connectivity index (χ4n) is 2.75. The number of nitrogens with zero attached hydrogens (tertiary/aromatic N) is 1. The summed E-state index contributed by atoms with van der Waals surface area (Å²) in [7, 11) is 0. The summed E-state index contributed by atoms with van der Waals surface area (Å²) >= 11 is 0. The van der Waals surface area contributed by atoms with Gasteiger partial charge in [0.2, 0.25) is 0 Å². The molecule has 0 fully saturated rings. The molecule has 0 unspecified atom stereocenters. The van der Waals surface area contributed by atoms with Crippen molar-refractivity contribution in [3.8, 4) is 0 Å². The molecule has 0 bridgehead atoms. The van der Waals surface area contributed by atoms with Gasteiger partial charge in [-0.2, -0.15) is 0 Å². The fourth-order valence-corrected chi connectivity index (χ4v) is 2.75. The quantitative estimate of drug-likeness (QED) is 0.931. The molecule has 0 aromatic heterocycles. The molecule has 1 heterocycles. The van der Waals surface area contributed by atoms with Crippen LogP contribution < -0.4 is 10.2 Å². The molecule has 1 aliphatic rings. The minimum atomic E-state index is 0.0536. The molecular weight excluding hydrogens is 260 g/mol. The summed E-state index contributed by atoms with van der Waals surface area (Å²) in [6, 6.07) is 14.0. The predicted molar refractivity (Wildman–Crippen MR) is 87.2 cm³/mol. The number of benzene rings is 2. The number of fused-ring (bicyclic) bond motifs is 1. The zero-order valence-electron chi connectivity index (χ0n) is 12.5. The molecular formula is C18H20N2O. The van der Waals surface area contributed by atoms with Gasteiger partial charge in [-0.15, -0.1) is 0 Å². The summed E-state index contributed by atoms with van der Waals surface area (Å²) in [4.78, 5) is 14.6. The van der Waals surface area contributed by atoms with Gasteiger partial charge in [0.25, 0.3) is 5.91 Å². The first kappa shape index (κ1) is 13.7. The normalized spacial score (nSPS) is 12.7. The molecule has 1 aliphatic heterocycles. The van der Waals surface area contributed by atoms with E-state index in [1.807, 2.05) is 55.1 Å². The number of rotatable bonds is 3. The maximum atomic E-state index is 12.8. The van der Waals surface area contributed by atoms with Gasteiger partial charge in [-0.1, -0.05) is 23.8 Å². The van der Waals surface area contributed by atoms with Crippen molar-refractivity contribution in [3.63, 3.8) is 0 Å². The van der Waals surface area contributed by atoms with Crippen molar-refractivity contribution in [2.75, 3.05) is 23.3 Å². The second-order valence-electron chi connectivity index (χ2n) is 5.43. The van der Waals surface area contributed by atoms with Crippen LogP contribution in [-0.2, 0) is 6.42 Å². The molecule has 108 valence electrons. The molecule has 21 heavy (non-hydrogen) atoms. The molecule has 0 spiro atoms. The Kier molecular flexibility index (Phi) is 3.65. The minimum absolute atomic E-state index is 0.0536. The lowest BCUT2D eigenvalue weighted by atomic mass is 10.1. The Morgan fingerprint density at radius 3 is 2.67 bits per heavy atom. The second kappa shape index (κ2) is 5.60. The van der Waals surface area contributed by atoms with Crippen LogP contribution in [0.2, 0.25) is 0 Å². The predicted octanol–water partition coefficient (Wildman–Crippen LogP) is 3.63. The van der Waals surface area contributed by atoms with E-state index >= 15 is 0 Å². The molecule has 0 saturated heterocycles. The van der Waals surface area contributed by atoms with Gasteiger partial charge >= 0.3 is 0 Å². The number of aryl methyl sites for hydroxylation is 1. The van der Waals surface area contributed by atoms with Gasteiger partial charge in [0.1, 0.15) is 0 Å². The van der Waals surface area contributed by atoms with E-state index in [1.165, 1.54) is 11.1 Å². The molecule has 2 aromatic carbocycles. The van der Waals surface area contributed by atoms with Crippen LogP contribution in [0.4, 0.5) is 11.4 Å². The topological polar surface area (TPSA) is 32.3 Å². The summed E-state index contributed by atoms with van der Waals surface area (Å²) in [6.45, 7) is 5.67. The number of carbonyl (C=O) groups excluding carboxylic acids is 1. The lowest BCUT2D eigenvalue weighted by molar-refractivity contribution is 0.0988. The van der Waals surface area contributed by atoms with Crippen molar-refractivity contribution in [2.45, 2.75) is 20.3 Å². The minimum Gasteiger partial charge on any atom is -0.384 e. The number of amides is 1. The Hall–Kier alpha value is -2.29. The number of carbonyl (C=O) groups is 1. The highest BCUT2D eigenvalue weighted by atomic mass is 16.2. The summed E-state index contributed by atoms with van der Waals surface area (Å²) in [6.07, 6.45) is 1.04. The molecule has 3 heteroatoms. The van der Waals surface area contributed by atoms with Crippen molar-refractivity contribution in [1.82, 2.24) is 0 Å². The van der Waals surface area contributed by atoms with Crippen LogP contribution in [-0.4, -0.2) is 19.0 Å². The van der Waals surface area contributed by atoms with Gasteiger partial charge in [0.15, 0.2) is 0 Å². The standard InChI is InChI=1S/C18H20N2O/c1-3-20(16-8-4-13(2)5-9-16)18(21)15-7-6-14-10-11-19-17(14)12-15/h4-9,12,19H,3,10-11H2,1-2H3. The van der Waals surface area contributed by atoms with Crippen molar-refractivity contribution < 1.29 is 4.79 Å². The third kappa shape index (κ3) is 2.64. The second-order valence-corrected chi connectivity index (χ2v) is 5.43. The van der Waals surface area contributed by atoms with E-state index in [1.54, 1.807) is 0 Å². The Balaban J connectivity index is 1.90. The van der Waals surface area contributed by atoms with E-state index in [0.29, 0.717) is 6.54 Å². The molecule has 3 nitrogen and oxygen atoms in total. The average Bonchev–Trinajstić information content (AvgIpc) is 2.97. The van der Waals surface area contributed by atoms with E-state index in [-0.39, 0.29) is 5.91 Å². The van der Waals surface area contributed by atoms with Crippen LogP contribution in [0.3, 0.4) is 0 Å². The first-order chi connectivity index (χ1) is 10.2. The Morgan fingerprint density at radius 2 is 1.95 bits per heavy atom. The number of anilines is 2. The van der Waals surface area contributed by atoms with Crippen molar-refractivity contribution >= 4 is 17.3 Å². The van der Waals surface area contributed by atoms with Gasteiger partial charge in [0, 0.05) is 30.0 Å². The Bertz CT molecular complexity index is 661. The van der Waals surface area contributed by atoms with E-state index < -0.39 is 0 Å². The van der Waals surface area contributed by atoms with Crippen molar-refractivity contribution in [1.29, 1.82) is 0 Å². The fraction of sp³-hybridized carbons (Fsp3) is 0.278. The van der Waals surface area contributed by atoms with Gasteiger partial charge in [-0.3, -0.25) is 4.79 Å². The van der Waals surface area contributed by atoms with Gasteiger partial charge in [-0.05, 0) is 50.1 Å². The highest BCUT2D eigenvalue weighted by Crippen LogP contribution is 2.25. The molecule has 1 N–H and O–H groups in total. The first-order valence-corrected chi connectivity index (χ1v) is 7.44. The largest absolute Gasteiger partial charge is 0.384 e. The lowest BCUT2D eigenvalue weighted by Crippen LogP contribution is -2.30. The molecule has 0 aliphatic carbocycles. The summed E-state index contributed by atoms with van der Waals surface area (Å²) in [5.41, 5.74) is 5.28. The maximum absolute atomic E-state index is 12.8. The highest BCUT2D eigenvalue weighted by molar-refractivity contribution is 6.06. The monoisotopic (exact) mass is 280 g/mol. The van der Waals surface area contributed by atoms with Crippen LogP contribution >= 0.6 is 0 Å². The summed E-state index contributed by atoms with van der Waals surface area (Å²) in [5.74, 6) is 0.0536. The average molecular weight is 280 g/mol. The number of hydrogen-bond acceptors (Lipinski definition) is 2. The lowest BCUT2D eigenvalue weighted by Gasteiger charge is -2.21. The van der Waals surface area contributed by atoms with E-state index in [9.17, 15) is 4.79 Å². The third-order valence-corrected chi connectivity index (χ3v) is 3.97. The molecule has 0 saturated carbocycles. The van der Waals surface area contributed by atoms with Crippen LogP contribution in [0.5, 0.6) is 0 Å². The Labute approximate surface area is 125 Å². The molecule has 2 aromatic rings. The van der Waals surface area contributed by atoms with E-state index in [4.69, 9.17) is 0 Å². The van der Waals surface area contributed by atoms with Crippen LogP contribution in [0.1, 0.15) is 28.4 Å². The van der Waals surface area contributed by atoms with E-state index in [0.717, 1.165) is 29.9 Å².